The number of hydrogen-bond acceptors (Lipinski definition) is 2. The minimum atomic E-state index is 0.106. The Morgan fingerprint density at radius 2 is 1.95 bits per heavy atom. The van der Waals surface area contributed by atoms with Crippen LogP contribution in [0.25, 0.3) is 0 Å². The summed E-state index contributed by atoms with van der Waals surface area (Å²) in [5.41, 5.74) is 7.82. The van der Waals surface area contributed by atoms with E-state index >= 15 is 0 Å². The zero-order valence-corrected chi connectivity index (χ0v) is 24.3. The van der Waals surface area contributed by atoms with Gasteiger partial charge in [-0.25, -0.2) is 0 Å². The molecule has 0 N–H and O–H groups in total. The zero-order chi connectivity index (χ0) is 26.4. The smallest absolute Gasteiger partial charge is 0.230 e. The summed E-state index contributed by atoms with van der Waals surface area (Å²) in [7, 11) is 0. The van der Waals surface area contributed by atoms with Crippen molar-refractivity contribution in [3.05, 3.63) is 77.0 Å². The molecule has 3 heterocycles. The van der Waals surface area contributed by atoms with Gasteiger partial charge in [-0.3, -0.25) is 0 Å². The third-order valence-electron chi connectivity index (χ3n) is 10.8. The van der Waals surface area contributed by atoms with E-state index in [-0.39, 0.29) is 10.8 Å². The first-order chi connectivity index (χ1) is 18.2. The van der Waals surface area contributed by atoms with Crippen LogP contribution in [-0.2, 0) is 5.41 Å². The Bertz CT molecular complexity index is 1320. The summed E-state index contributed by atoms with van der Waals surface area (Å²) in [6, 6.07) is 5.68. The summed E-state index contributed by atoms with van der Waals surface area (Å²) in [5.74, 6) is 3.85. The van der Waals surface area contributed by atoms with Crippen LogP contribution in [0.4, 0.5) is 5.69 Å². The van der Waals surface area contributed by atoms with E-state index in [1.165, 1.54) is 65.6 Å². The number of unbranched alkanes of at least 4 members (excludes halogenated alkanes) is 1. The van der Waals surface area contributed by atoms with E-state index in [0.29, 0.717) is 36.4 Å². The van der Waals surface area contributed by atoms with Crippen molar-refractivity contribution in [1.29, 1.82) is 0 Å². The van der Waals surface area contributed by atoms with Gasteiger partial charge >= 0.3 is 0 Å². The highest BCUT2D eigenvalue weighted by atomic mass is 16.5. The lowest BCUT2D eigenvalue weighted by molar-refractivity contribution is 0.254. The summed E-state index contributed by atoms with van der Waals surface area (Å²) in [6.07, 6.45) is 24.8. The molecule has 0 saturated carbocycles. The average Bonchev–Trinajstić information content (AvgIpc) is 2.90. The van der Waals surface area contributed by atoms with Crippen LogP contribution < -0.4 is 15.1 Å². The molecule has 0 bridgehead atoms. The van der Waals surface area contributed by atoms with Crippen molar-refractivity contribution in [3.63, 3.8) is 0 Å². The maximum absolute atomic E-state index is 6.90. The maximum Gasteiger partial charge on any atom is 0.230 e. The number of hydrogen-bond donors (Lipinski definition) is 0. The van der Waals surface area contributed by atoms with Crippen LogP contribution in [0.3, 0.4) is 0 Å². The Kier molecular flexibility index (Phi) is 5.53. The summed E-state index contributed by atoms with van der Waals surface area (Å²) in [4.78, 5) is 2.87. The number of rotatable bonds is 3. The lowest BCUT2D eigenvalue weighted by Gasteiger charge is -2.60. The summed E-state index contributed by atoms with van der Waals surface area (Å²) < 4.78 is 6.90. The predicted octanol–water partition coefficient (Wildman–Crippen LogP) is 8.07. The lowest BCUT2D eigenvalue weighted by Crippen LogP contribution is -2.65. The van der Waals surface area contributed by atoms with E-state index in [2.05, 4.69) is 101 Å². The van der Waals surface area contributed by atoms with E-state index in [1.54, 1.807) is 0 Å². The molecule has 0 amide bonds. The van der Waals surface area contributed by atoms with Crippen LogP contribution >= 0.6 is 0 Å². The van der Waals surface area contributed by atoms with Crippen LogP contribution in [0, 0.1) is 17.3 Å². The van der Waals surface area contributed by atoms with Crippen LogP contribution in [0.1, 0.15) is 85.6 Å². The number of anilines is 1. The molecule has 0 radical (unpaired) electrons. The quantitative estimate of drug-likeness (QED) is 0.304. The molecule has 6 aliphatic rings. The average molecular weight is 506 g/mol. The normalized spacial score (nSPS) is 31.7. The first kappa shape index (κ1) is 24.6. The van der Waals surface area contributed by atoms with E-state index in [0.717, 1.165) is 12.2 Å². The van der Waals surface area contributed by atoms with Crippen LogP contribution in [0.2, 0.25) is 5.82 Å². The number of benzene rings is 1. The molecule has 0 aromatic heterocycles. The van der Waals surface area contributed by atoms with Crippen molar-refractivity contribution in [1.82, 2.24) is 0 Å². The topological polar surface area (TPSA) is 12.5 Å². The summed E-state index contributed by atoms with van der Waals surface area (Å²) >= 11 is 0. The van der Waals surface area contributed by atoms with Gasteiger partial charge in [0.05, 0.1) is 5.76 Å². The largest absolute Gasteiger partial charge is 0.463 e. The molecule has 38 heavy (non-hydrogen) atoms. The Labute approximate surface area is 230 Å². The Morgan fingerprint density at radius 3 is 2.74 bits per heavy atom. The molecule has 2 nitrogen and oxygen atoms in total. The molecule has 3 aliphatic carbocycles. The molecule has 7 rings (SSSR count). The number of ether oxygens (including phenoxy) is 1. The molecular weight excluding hydrogens is 461 g/mol. The van der Waals surface area contributed by atoms with E-state index in [4.69, 9.17) is 4.74 Å². The molecule has 1 aromatic carbocycles. The van der Waals surface area contributed by atoms with Crippen molar-refractivity contribution < 1.29 is 4.74 Å². The fourth-order valence-electron chi connectivity index (χ4n) is 8.57. The van der Waals surface area contributed by atoms with Crippen LogP contribution in [0.5, 0.6) is 5.75 Å². The van der Waals surface area contributed by atoms with Crippen molar-refractivity contribution >= 4 is 17.9 Å². The van der Waals surface area contributed by atoms with Gasteiger partial charge < -0.3 is 9.64 Å². The van der Waals surface area contributed by atoms with Crippen molar-refractivity contribution in [2.45, 2.75) is 103 Å². The van der Waals surface area contributed by atoms with Gasteiger partial charge in [0.25, 0.3) is 0 Å². The molecule has 5 unspecified atom stereocenters. The molecule has 5 atom stereocenters. The molecule has 3 heteroatoms. The fourth-order valence-corrected chi connectivity index (χ4v) is 8.57. The predicted molar refractivity (Wildman–Crippen MR) is 162 cm³/mol. The van der Waals surface area contributed by atoms with Crippen LogP contribution in [-0.4, -0.2) is 18.8 Å². The van der Waals surface area contributed by atoms with Crippen molar-refractivity contribution in [2.75, 3.05) is 4.90 Å². The Morgan fingerprint density at radius 1 is 1.11 bits per heavy atom. The monoisotopic (exact) mass is 505 g/mol. The van der Waals surface area contributed by atoms with Crippen LogP contribution in [0.15, 0.2) is 71.5 Å². The highest BCUT2D eigenvalue weighted by Gasteiger charge is 2.56. The Balaban J connectivity index is 1.44. The molecule has 0 saturated heterocycles. The first-order valence-electron chi connectivity index (χ1n) is 15.3. The van der Waals surface area contributed by atoms with Crippen molar-refractivity contribution in [3.8, 4) is 5.75 Å². The number of nitrogens with zero attached hydrogens (tertiary/aromatic N) is 1. The van der Waals surface area contributed by atoms with Gasteiger partial charge in [0, 0.05) is 30.1 Å². The van der Waals surface area contributed by atoms with Gasteiger partial charge in [-0.2, -0.15) is 0 Å². The summed E-state index contributed by atoms with van der Waals surface area (Å²) in [6.45, 7) is 14.7. The van der Waals surface area contributed by atoms with Gasteiger partial charge in [-0.15, -0.1) is 0 Å². The van der Waals surface area contributed by atoms with E-state index in [1.807, 2.05) is 0 Å². The maximum atomic E-state index is 6.90. The van der Waals surface area contributed by atoms with Gasteiger partial charge in [-0.1, -0.05) is 102 Å². The highest BCUT2D eigenvalue weighted by molar-refractivity contribution is 6.85. The summed E-state index contributed by atoms with van der Waals surface area (Å²) in [5, 5.41) is 0. The van der Waals surface area contributed by atoms with Gasteiger partial charge in [0.2, 0.25) is 6.71 Å². The minimum absolute atomic E-state index is 0.106. The second-order valence-corrected chi connectivity index (χ2v) is 14.4. The van der Waals surface area contributed by atoms with Gasteiger partial charge in [0.1, 0.15) is 5.75 Å². The highest BCUT2D eigenvalue weighted by Crippen LogP contribution is 2.56. The molecule has 198 valence electrons. The molecular formula is C35H44BNO. The van der Waals surface area contributed by atoms with Gasteiger partial charge in [0.15, 0.2) is 0 Å². The fraction of sp³-hybridized carbons (Fsp3) is 0.543. The molecule has 0 fully saturated rings. The second-order valence-electron chi connectivity index (χ2n) is 14.4. The Hall–Kier alpha value is -2.42. The number of allylic oxidation sites excluding steroid dienone is 7. The van der Waals surface area contributed by atoms with Crippen molar-refractivity contribution in [2.24, 2.45) is 17.3 Å². The lowest BCUT2D eigenvalue weighted by atomic mass is 9.28. The molecule has 0 spiro atoms. The minimum Gasteiger partial charge on any atom is -0.463 e. The first-order valence-corrected chi connectivity index (χ1v) is 15.3. The van der Waals surface area contributed by atoms with E-state index < -0.39 is 0 Å². The molecule has 1 aromatic rings. The van der Waals surface area contributed by atoms with Gasteiger partial charge in [-0.05, 0) is 70.8 Å². The molecule has 3 aliphatic heterocycles. The third kappa shape index (κ3) is 3.46. The second kappa shape index (κ2) is 8.54. The standard InChI is InChI=1S/C35H44BNO/c1-7-8-11-22-14-18-29-27(20-22)36-26-17-15-23(34(2,3)4)21-31(26)38-30-19-16-25-33(32(30)36)37(29)28-13-10-9-12-24(28)35(25,5)6/h9,12,14-20,23-24,27-29H,7-8,10-11,13,21H2,1-6H3. The van der Waals surface area contributed by atoms with E-state index in [9.17, 15) is 0 Å². The SMILES string of the molecule is CCCCC1=CC2B3C4=C(CC(C(C)(C)C)C=C4)Oc4ccc5c(c43)N(C2C=C1)C1CCC=CC1C5(C)C. The zero-order valence-electron chi connectivity index (χ0n) is 24.3. The number of fused-ring (bicyclic) bond motifs is 6. The third-order valence-corrected chi connectivity index (χ3v) is 10.8.